The van der Waals surface area contributed by atoms with E-state index in [4.69, 9.17) is 4.74 Å². The Balaban J connectivity index is 1.60. The lowest BCUT2D eigenvalue weighted by atomic mass is 9.45. The van der Waals surface area contributed by atoms with Gasteiger partial charge in [0.05, 0.1) is 12.2 Å². The van der Waals surface area contributed by atoms with Gasteiger partial charge in [0.2, 0.25) is 0 Å². The van der Waals surface area contributed by atoms with Crippen molar-refractivity contribution in [3.8, 4) is 0 Å². The summed E-state index contributed by atoms with van der Waals surface area (Å²) < 4.78 is 5.86. The van der Waals surface area contributed by atoms with E-state index in [9.17, 15) is 15.0 Å². The van der Waals surface area contributed by atoms with Crippen molar-refractivity contribution in [3.05, 3.63) is 11.6 Å². The SMILES string of the molecule is CC(=O)OC1C[C@@H](O)CC2=CC(O)[C@H]3[C@@H]4CC[C@H]([C@H](C)CCCC(C)C)[C@@]4(C)CC[C@@H]3[C@]21C. The standard InChI is InChI=1S/C29H48O4/c1-17(2)8-7-9-18(3)22-10-11-23-27-24(12-13-28(22,23)5)29(6)20(15-25(27)32)14-21(31)16-26(29)33-19(4)30/h15,17-18,21-27,31-32H,7-14,16H2,1-6H3/t18-,21+,22-,23+,24+,25?,26?,27+,28-,29+/m1/s1. The number of hydrogen-bond acceptors (Lipinski definition) is 4. The van der Waals surface area contributed by atoms with E-state index in [-0.39, 0.29) is 28.8 Å². The maximum absolute atomic E-state index is 12.0. The van der Waals surface area contributed by atoms with E-state index in [1.54, 1.807) is 0 Å². The van der Waals surface area contributed by atoms with E-state index in [0.717, 1.165) is 29.7 Å². The van der Waals surface area contributed by atoms with Gasteiger partial charge >= 0.3 is 5.97 Å². The number of rotatable bonds is 6. The van der Waals surface area contributed by atoms with Gasteiger partial charge < -0.3 is 14.9 Å². The molecular formula is C29H48O4. The van der Waals surface area contributed by atoms with Crippen molar-refractivity contribution in [2.75, 3.05) is 0 Å². The van der Waals surface area contributed by atoms with E-state index in [0.29, 0.717) is 24.7 Å². The molecule has 0 aromatic heterocycles. The average molecular weight is 461 g/mol. The Hall–Kier alpha value is -0.870. The van der Waals surface area contributed by atoms with Crippen molar-refractivity contribution < 1.29 is 19.7 Å². The smallest absolute Gasteiger partial charge is 0.302 e. The van der Waals surface area contributed by atoms with Gasteiger partial charge in [-0.2, -0.15) is 0 Å². The molecule has 4 heteroatoms. The topological polar surface area (TPSA) is 66.8 Å². The Bertz CT molecular complexity index is 759. The number of carbonyl (C=O) groups excluding carboxylic acids is 1. The Morgan fingerprint density at radius 1 is 1.12 bits per heavy atom. The minimum atomic E-state index is -0.506. The van der Waals surface area contributed by atoms with Gasteiger partial charge in [0.1, 0.15) is 6.10 Å². The van der Waals surface area contributed by atoms with Gasteiger partial charge in [0.15, 0.2) is 0 Å². The molecule has 0 aromatic carbocycles. The van der Waals surface area contributed by atoms with E-state index in [1.165, 1.54) is 45.4 Å². The molecule has 2 N–H and O–H groups in total. The van der Waals surface area contributed by atoms with Crippen LogP contribution in [0.2, 0.25) is 0 Å². The highest BCUT2D eigenvalue weighted by Gasteiger charge is 2.63. The zero-order valence-electron chi connectivity index (χ0n) is 21.8. The van der Waals surface area contributed by atoms with Gasteiger partial charge in [-0.3, -0.25) is 4.79 Å². The summed E-state index contributed by atoms with van der Waals surface area (Å²) in [7, 11) is 0. The van der Waals surface area contributed by atoms with Crippen molar-refractivity contribution >= 4 is 5.97 Å². The first-order valence-electron chi connectivity index (χ1n) is 13.7. The summed E-state index contributed by atoms with van der Waals surface area (Å²) in [5, 5.41) is 21.9. The molecule has 0 radical (unpaired) electrons. The van der Waals surface area contributed by atoms with E-state index in [2.05, 4.69) is 34.6 Å². The molecule has 0 amide bonds. The molecular weight excluding hydrogens is 412 g/mol. The maximum Gasteiger partial charge on any atom is 0.302 e. The number of fused-ring (bicyclic) bond motifs is 5. The molecule has 4 nitrogen and oxygen atoms in total. The number of carbonyl (C=O) groups is 1. The molecule has 0 spiro atoms. The van der Waals surface area contributed by atoms with Crippen LogP contribution < -0.4 is 0 Å². The summed E-state index contributed by atoms with van der Waals surface area (Å²) in [5.74, 6) is 3.01. The normalized spacial score (nSPS) is 45.6. The second-order valence-corrected chi connectivity index (χ2v) is 13.0. The number of aliphatic hydroxyl groups excluding tert-OH is 2. The second kappa shape index (κ2) is 9.30. The van der Waals surface area contributed by atoms with Gasteiger partial charge in [0.25, 0.3) is 0 Å². The second-order valence-electron chi connectivity index (χ2n) is 13.0. The maximum atomic E-state index is 12.0. The number of esters is 1. The average Bonchev–Trinajstić information content (AvgIpc) is 3.06. The fourth-order valence-electron chi connectivity index (χ4n) is 9.06. The number of aliphatic hydroxyl groups is 2. The lowest BCUT2D eigenvalue weighted by molar-refractivity contribution is -0.172. The van der Waals surface area contributed by atoms with Crippen LogP contribution in [0.15, 0.2) is 11.6 Å². The van der Waals surface area contributed by atoms with Crippen LogP contribution in [0.3, 0.4) is 0 Å². The fraction of sp³-hybridized carbons (Fsp3) is 0.897. The first-order chi connectivity index (χ1) is 15.5. The molecule has 0 aliphatic heterocycles. The molecule has 4 aliphatic carbocycles. The summed E-state index contributed by atoms with van der Waals surface area (Å²) in [6.07, 6.45) is 10.6. The summed E-state index contributed by atoms with van der Waals surface area (Å²) in [6.45, 7) is 13.4. The van der Waals surface area contributed by atoms with Gasteiger partial charge in [-0.1, -0.05) is 65.5 Å². The Labute approximate surface area is 201 Å². The molecule has 10 atom stereocenters. The van der Waals surface area contributed by atoms with Crippen molar-refractivity contribution in [3.63, 3.8) is 0 Å². The predicted molar refractivity (Wildman–Crippen MR) is 131 cm³/mol. The zero-order chi connectivity index (χ0) is 24.1. The van der Waals surface area contributed by atoms with Crippen LogP contribution in [0.5, 0.6) is 0 Å². The highest BCUT2D eigenvalue weighted by atomic mass is 16.5. The molecule has 2 unspecified atom stereocenters. The lowest BCUT2D eigenvalue weighted by Crippen LogP contribution is -2.59. The van der Waals surface area contributed by atoms with Crippen LogP contribution >= 0.6 is 0 Å². The molecule has 33 heavy (non-hydrogen) atoms. The predicted octanol–water partition coefficient (Wildman–Crippen LogP) is 5.90. The fourth-order valence-corrected chi connectivity index (χ4v) is 9.06. The molecule has 0 aromatic rings. The Morgan fingerprint density at radius 2 is 1.85 bits per heavy atom. The lowest BCUT2D eigenvalue weighted by Gasteiger charge is -2.60. The minimum absolute atomic E-state index is 0.221. The largest absolute Gasteiger partial charge is 0.462 e. The summed E-state index contributed by atoms with van der Waals surface area (Å²) in [4.78, 5) is 12.0. The van der Waals surface area contributed by atoms with Gasteiger partial charge in [-0.15, -0.1) is 0 Å². The van der Waals surface area contributed by atoms with Gasteiger partial charge in [-0.25, -0.2) is 0 Å². The van der Waals surface area contributed by atoms with E-state index >= 15 is 0 Å². The molecule has 188 valence electrons. The highest BCUT2D eigenvalue weighted by molar-refractivity contribution is 5.66. The highest BCUT2D eigenvalue weighted by Crippen LogP contribution is 2.67. The van der Waals surface area contributed by atoms with E-state index < -0.39 is 12.2 Å². The van der Waals surface area contributed by atoms with Crippen molar-refractivity contribution in [1.29, 1.82) is 0 Å². The molecule has 0 heterocycles. The quantitative estimate of drug-likeness (QED) is 0.382. The van der Waals surface area contributed by atoms with Gasteiger partial charge in [-0.05, 0) is 73.0 Å². The third kappa shape index (κ3) is 4.33. The number of ether oxygens (including phenoxy) is 1. The van der Waals surface area contributed by atoms with Crippen molar-refractivity contribution in [2.24, 2.45) is 46.3 Å². The third-order valence-corrected chi connectivity index (χ3v) is 10.7. The molecule has 0 saturated heterocycles. The number of hydrogen-bond donors (Lipinski definition) is 2. The summed E-state index contributed by atoms with van der Waals surface area (Å²) in [6, 6.07) is 0. The van der Waals surface area contributed by atoms with Crippen LogP contribution in [0, 0.1) is 46.3 Å². The van der Waals surface area contributed by atoms with Crippen LogP contribution in [-0.2, 0) is 9.53 Å². The van der Waals surface area contributed by atoms with Crippen LogP contribution in [0.25, 0.3) is 0 Å². The summed E-state index contributed by atoms with van der Waals surface area (Å²) >= 11 is 0. The first-order valence-corrected chi connectivity index (χ1v) is 13.7. The molecule has 0 bridgehead atoms. The monoisotopic (exact) mass is 460 g/mol. The summed E-state index contributed by atoms with van der Waals surface area (Å²) in [5.41, 5.74) is 1.12. The zero-order valence-corrected chi connectivity index (χ0v) is 21.8. The Morgan fingerprint density at radius 3 is 2.52 bits per heavy atom. The molecule has 4 aliphatic rings. The molecule has 4 rings (SSSR count). The Kier molecular flexibility index (Phi) is 7.11. The first kappa shape index (κ1) is 25.2. The van der Waals surface area contributed by atoms with Crippen LogP contribution in [0.1, 0.15) is 99.3 Å². The minimum Gasteiger partial charge on any atom is -0.462 e. The third-order valence-electron chi connectivity index (χ3n) is 10.7. The van der Waals surface area contributed by atoms with Crippen molar-refractivity contribution in [2.45, 2.75) is 118 Å². The van der Waals surface area contributed by atoms with Crippen molar-refractivity contribution in [1.82, 2.24) is 0 Å². The van der Waals surface area contributed by atoms with Crippen LogP contribution in [0.4, 0.5) is 0 Å². The van der Waals surface area contributed by atoms with E-state index in [1.807, 2.05) is 6.08 Å². The molecule has 3 fully saturated rings. The molecule has 3 saturated carbocycles. The van der Waals surface area contributed by atoms with Gasteiger partial charge in [0, 0.05) is 18.8 Å². The van der Waals surface area contributed by atoms with Crippen LogP contribution in [-0.4, -0.2) is 34.5 Å².